The quantitative estimate of drug-likeness (QED) is 0.669. The Kier molecular flexibility index (Phi) is 5.28. The molecule has 0 atom stereocenters. The fraction of sp³-hybridized carbons (Fsp3) is 0.727. The molecule has 1 amide bonds. The summed E-state index contributed by atoms with van der Waals surface area (Å²) in [5, 5.41) is 0. The molecule has 0 heterocycles. The fourth-order valence-corrected chi connectivity index (χ4v) is 1.04. The Morgan fingerprint density at radius 2 is 1.64 bits per heavy atom. The minimum Gasteiger partial charge on any atom is -0.376 e. The molecule has 82 valence electrons. The van der Waals surface area contributed by atoms with Crippen molar-refractivity contribution in [2.75, 3.05) is 27.2 Å². The van der Waals surface area contributed by atoms with Crippen molar-refractivity contribution in [3.63, 3.8) is 0 Å². The van der Waals surface area contributed by atoms with E-state index in [1.54, 1.807) is 11.8 Å². The number of nitrogens with zero attached hydrogens (tertiary/aromatic N) is 2. The van der Waals surface area contributed by atoms with Gasteiger partial charge >= 0.3 is 0 Å². The number of hydrogen-bond acceptors (Lipinski definition) is 2. The molecule has 0 spiro atoms. The van der Waals surface area contributed by atoms with E-state index in [-0.39, 0.29) is 5.91 Å². The lowest BCUT2D eigenvalue weighted by Crippen LogP contribution is -2.33. The number of rotatable bonds is 5. The van der Waals surface area contributed by atoms with Crippen molar-refractivity contribution in [3.8, 4) is 0 Å². The zero-order valence-corrected chi connectivity index (χ0v) is 10.0. The van der Waals surface area contributed by atoms with E-state index in [0.717, 1.165) is 18.8 Å². The first-order chi connectivity index (χ1) is 6.36. The Morgan fingerprint density at radius 1 is 1.21 bits per heavy atom. The Morgan fingerprint density at radius 3 is 2.00 bits per heavy atom. The summed E-state index contributed by atoms with van der Waals surface area (Å²) < 4.78 is 0. The maximum Gasteiger partial charge on any atom is 0.219 e. The summed E-state index contributed by atoms with van der Waals surface area (Å²) in [4.78, 5) is 14.8. The van der Waals surface area contributed by atoms with Crippen LogP contribution in [0.1, 0.15) is 20.8 Å². The summed E-state index contributed by atoms with van der Waals surface area (Å²) >= 11 is 0. The van der Waals surface area contributed by atoms with Crippen molar-refractivity contribution in [2.24, 2.45) is 5.92 Å². The molecule has 0 rings (SSSR count). The van der Waals surface area contributed by atoms with Crippen LogP contribution >= 0.6 is 0 Å². The molecule has 0 aliphatic heterocycles. The number of carbonyl (C=O) groups excluding carboxylic acids is 1. The van der Waals surface area contributed by atoms with Gasteiger partial charge in [0.2, 0.25) is 5.91 Å². The van der Waals surface area contributed by atoms with Crippen molar-refractivity contribution in [1.29, 1.82) is 0 Å². The highest BCUT2D eigenvalue weighted by molar-refractivity contribution is 5.72. The van der Waals surface area contributed by atoms with Crippen molar-refractivity contribution in [1.82, 2.24) is 9.80 Å². The van der Waals surface area contributed by atoms with E-state index < -0.39 is 0 Å². The maximum atomic E-state index is 10.9. The van der Waals surface area contributed by atoms with E-state index in [9.17, 15) is 4.79 Å². The first-order valence-electron chi connectivity index (χ1n) is 4.98. The van der Waals surface area contributed by atoms with Crippen LogP contribution in [0.3, 0.4) is 0 Å². The third kappa shape index (κ3) is 4.30. The summed E-state index contributed by atoms with van der Waals surface area (Å²) in [5.41, 5.74) is 1.11. The molecule has 0 fully saturated rings. The van der Waals surface area contributed by atoms with E-state index in [0.29, 0.717) is 5.92 Å². The third-order valence-electron chi connectivity index (χ3n) is 2.47. The van der Waals surface area contributed by atoms with E-state index in [1.165, 1.54) is 0 Å². The number of likely N-dealkylation sites (N-methyl/N-ethyl adjacent to an activating group) is 2. The summed E-state index contributed by atoms with van der Waals surface area (Å²) in [6, 6.07) is 0. The lowest BCUT2D eigenvalue weighted by atomic mass is 10.1. The lowest BCUT2D eigenvalue weighted by molar-refractivity contribution is -0.127. The monoisotopic (exact) mass is 198 g/mol. The molecule has 0 aromatic rings. The molecule has 0 aliphatic carbocycles. The molecule has 0 aromatic carbocycles. The molecule has 14 heavy (non-hydrogen) atoms. The maximum absolute atomic E-state index is 10.9. The Labute approximate surface area is 87.4 Å². The smallest absolute Gasteiger partial charge is 0.219 e. The second kappa shape index (κ2) is 5.68. The molecular formula is C11H22N2O. The predicted molar refractivity (Wildman–Crippen MR) is 59.9 cm³/mol. The number of amides is 1. The normalized spacial score (nSPS) is 10.1. The van der Waals surface area contributed by atoms with Crippen molar-refractivity contribution in [2.45, 2.75) is 20.8 Å². The Bertz CT molecular complexity index is 211. The van der Waals surface area contributed by atoms with Gasteiger partial charge < -0.3 is 9.80 Å². The van der Waals surface area contributed by atoms with Crippen LogP contribution in [-0.2, 0) is 4.79 Å². The average molecular weight is 198 g/mol. The average Bonchev–Trinajstić information content (AvgIpc) is 2.11. The van der Waals surface area contributed by atoms with Crippen LogP contribution in [0.2, 0.25) is 0 Å². The van der Waals surface area contributed by atoms with Gasteiger partial charge in [0.05, 0.1) is 0 Å². The van der Waals surface area contributed by atoms with Gasteiger partial charge in [-0.05, 0) is 5.92 Å². The van der Waals surface area contributed by atoms with Crippen LogP contribution in [0, 0.1) is 5.92 Å². The molecule has 3 nitrogen and oxygen atoms in total. The van der Waals surface area contributed by atoms with Crippen molar-refractivity contribution in [3.05, 3.63) is 12.3 Å². The number of carbonyl (C=O) groups is 1. The molecule has 0 saturated carbocycles. The van der Waals surface area contributed by atoms with Gasteiger partial charge in [0.15, 0.2) is 0 Å². The minimum absolute atomic E-state index is 0.105. The first-order valence-corrected chi connectivity index (χ1v) is 4.98. The summed E-state index contributed by atoms with van der Waals surface area (Å²) in [6.07, 6.45) is 0. The van der Waals surface area contributed by atoms with Crippen LogP contribution < -0.4 is 0 Å². The largest absolute Gasteiger partial charge is 0.376 e. The molecule has 0 saturated heterocycles. The fourth-order valence-electron chi connectivity index (χ4n) is 1.04. The highest BCUT2D eigenvalue weighted by Crippen LogP contribution is 2.09. The van der Waals surface area contributed by atoms with E-state index >= 15 is 0 Å². The van der Waals surface area contributed by atoms with Gasteiger partial charge in [-0.3, -0.25) is 4.79 Å². The number of allylic oxidation sites excluding steroid dienone is 1. The van der Waals surface area contributed by atoms with Crippen molar-refractivity contribution >= 4 is 5.91 Å². The van der Waals surface area contributed by atoms with E-state index in [1.807, 2.05) is 14.1 Å². The predicted octanol–water partition coefficient (Wildman–Crippen LogP) is 1.57. The van der Waals surface area contributed by atoms with Crippen molar-refractivity contribution < 1.29 is 4.79 Å². The molecule has 0 aromatic heterocycles. The Hall–Kier alpha value is -0.990. The lowest BCUT2D eigenvalue weighted by Gasteiger charge is -2.26. The summed E-state index contributed by atoms with van der Waals surface area (Å²) in [5.74, 6) is 0.566. The zero-order valence-electron chi connectivity index (χ0n) is 10.0. The van der Waals surface area contributed by atoms with Gasteiger partial charge in [-0.1, -0.05) is 20.4 Å². The molecule has 3 heteroatoms. The van der Waals surface area contributed by atoms with Crippen LogP contribution in [-0.4, -0.2) is 42.9 Å². The van der Waals surface area contributed by atoms with E-state index in [2.05, 4.69) is 25.3 Å². The van der Waals surface area contributed by atoms with Crippen LogP contribution in [0.25, 0.3) is 0 Å². The standard InChI is InChI=1S/C11H22N2O/c1-9(2)10(3)12(5)7-8-13(6)11(4)14/h9H,3,7-8H2,1-2,4-6H3. The van der Waals surface area contributed by atoms with Gasteiger partial charge in [-0.15, -0.1) is 0 Å². The van der Waals surface area contributed by atoms with Gasteiger partial charge in [-0.25, -0.2) is 0 Å². The second-order valence-corrected chi connectivity index (χ2v) is 4.01. The topological polar surface area (TPSA) is 23.6 Å². The zero-order chi connectivity index (χ0) is 11.3. The molecule has 0 radical (unpaired) electrons. The third-order valence-corrected chi connectivity index (χ3v) is 2.47. The van der Waals surface area contributed by atoms with Gasteiger partial charge in [-0.2, -0.15) is 0 Å². The highest BCUT2D eigenvalue weighted by atomic mass is 16.2. The van der Waals surface area contributed by atoms with E-state index in [4.69, 9.17) is 0 Å². The number of hydrogen-bond donors (Lipinski definition) is 0. The minimum atomic E-state index is 0.105. The van der Waals surface area contributed by atoms with Gasteiger partial charge in [0.1, 0.15) is 0 Å². The van der Waals surface area contributed by atoms with Gasteiger partial charge in [0.25, 0.3) is 0 Å². The summed E-state index contributed by atoms with van der Waals surface area (Å²) in [7, 11) is 3.82. The summed E-state index contributed by atoms with van der Waals surface area (Å²) in [6.45, 7) is 11.4. The van der Waals surface area contributed by atoms with Crippen LogP contribution in [0.15, 0.2) is 12.3 Å². The van der Waals surface area contributed by atoms with Crippen LogP contribution in [0.4, 0.5) is 0 Å². The van der Waals surface area contributed by atoms with Gasteiger partial charge in [0, 0.05) is 39.8 Å². The second-order valence-electron chi connectivity index (χ2n) is 4.01. The molecule has 0 aliphatic rings. The SMILES string of the molecule is C=C(C(C)C)N(C)CCN(C)C(C)=O. The molecular weight excluding hydrogens is 176 g/mol. The molecule has 0 unspecified atom stereocenters. The van der Waals surface area contributed by atoms with Crippen LogP contribution in [0.5, 0.6) is 0 Å². The molecule has 0 N–H and O–H groups in total. The Balaban J connectivity index is 3.90. The molecule has 0 bridgehead atoms. The first kappa shape index (κ1) is 13.0. The highest BCUT2D eigenvalue weighted by Gasteiger charge is 2.08.